The van der Waals surface area contributed by atoms with Gasteiger partial charge < -0.3 is 15.0 Å². The van der Waals surface area contributed by atoms with Crippen molar-refractivity contribution in [1.29, 1.82) is 0 Å². The second-order valence-electron chi connectivity index (χ2n) is 3.53. The first kappa shape index (κ1) is 10.5. The summed E-state index contributed by atoms with van der Waals surface area (Å²) in [7, 11) is 3.68. The maximum Gasteiger partial charge on any atom is 0.224 e. The number of carbonyl (C=O) groups excluding carboxylic acids is 1. The summed E-state index contributed by atoms with van der Waals surface area (Å²) in [6.45, 7) is 3.13. The van der Waals surface area contributed by atoms with Crippen molar-refractivity contribution in [3.05, 3.63) is 0 Å². The topological polar surface area (TPSA) is 41.6 Å². The minimum atomic E-state index is 0.168. The second kappa shape index (κ2) is 5.19. The molecule has 1 heterocycles. The first-order chi connectivity index (χ1) is 6.24. The Bertz CT molecular complexity index is 173. The third-order valence-corrected chi connectivity index (χ3v) is 2.37. The molecule has 4 heteroatoms. The summed E-state index contributed by atoms with van der Waals surface area (Å²) in [5.41, 5.74) is 0. The normalized spacial score (nSPS) is 23.4. The molecule has 0 aliphatic carbocycles. The monoisotopic (exact) mass is 186 g/mol. The molecule has 0 saturated carbocycles. The molecule has 1 fully saturated rings. The highest BCUT2D eigenvalue weighted by molar-refractivity contribution is 5.79. The van der Waals surface area contributed by atoms with E-state index in [1.165, 1.54) is 0 Å². The maximum atomic E-state index is 11.5. The van der Waals surface area contributed by atoms with Gasteiger partial charge in [0.05, 0.1) is 12.5 Å². The fraction of sp³-hybridized carbons (Fsp3) is 0.889. The highest BCUT2D eigenvalue weighted by Crippen LogP contribution is 2.13. The minimum Gasteiger partial charge on any atom is -0.383 e. The van der Waals surface area contributed by atoms with Crippen molar-refractivity contribution in [3.63, 3.8) is 0 Å². The van der Waals surface area contributed by atoms with Crippen LogP contribution in [0.2, 0.25) is 0 Å². The lowest BCUT2D eigenvalue weighted by Crippen LogP contribution is -2.34. The molecule has 0 aromatic rings. The number of hydrogen-bond acceptors (Lipinski definition) is 3. The van der Waals surface area contributed by atoms with Gasteiger partial charge in [0.25, 0.3) is 0 Å². The molecular weight excluding hydrogens is 168 g/mol. The molecular formula is C9H18N2O2. The van der Waals surface area contributed by atoms with E-state index in [0.717, 1.165) is 19.5 Å². The molecule has 0 aromatic heterocycles. The Morgan fingerprint density at radius 2 is 2.46 bits per heavy atom. The van der Waals surface area contributed by atoms with E-state index in [9.17, 15) is 4.79 Å². The van der Waals surface area contributed by atoms with Crippen molar-refractivity contribution >= 4 is 5.91 Å². The number of likely N-dealkylation sites (tertiary alicyclic amines) is 1. The van der Waals surface area contributed by atoms with E-state index in [-0.39, 0.29) is 11.8 Å². The van der Waals surface area contributed by atoms with Crippen LogP contribution in [0.5, 0.6) is 0 Å². The number of methoxy groups -OCH3 is 1. The van der Waals surface area contributed by atoms with Crippen molar-refractivity contribution in [2.75, 3.05) is 40.4 Å². The van der Waals surface area contributed by atoms with Crippen LogP contribution in [0, 0.1) is 5.92 Å². The molecule has 1 amide bonds. The van der Waals surface area contributed by atoms with Crippen LogP contribution < -0.4 is 5.32 Å². The van der Waals surface area contributed by atoms with E-state index in [1.807, 2.05) is 7.05 Å². The predicted molar refractivity (Wildman–Crippen MR) is 50.5 cm³/mol. The number of nitrogens with zero attached hydrogens (tertiary/aromatic N) is 1. The van der Waals surface area contributed by atoms with Crippen LogP contribution in [-0.2, 0) is 9.53 Å². The van der Waals surface area contributed by atoms with Gasteiger partial charge in [-0.1, -0.05) is 0 Å². The van der Waals surface area contributed by atoms with E-state index in [2.05, 4.69) is 10.2 Å². The lowest BCUT2D eigenvalue weighted by molar-refractivity contribution is -0.124. The van der Waals surface area contributed by atoms with Crippen LogP contribution in [0.4, 0.5) is 0 Å². The Balaban J connectivity index is 2.16. The third kappa shape index (κ3) is 3.32. The summed E-state index contributed by atoms with van der Waals surface area (Å²) in [6, 6.07) is 0. The van der Waals surface area contributed by atoms with Gasteiger partial charge in [0.2, 0.25) is 5.91 Å². The van der Waals surface area contributed by atoms with Crippen molar-refractivity contribution in [1.82, 2.24) is 10.2 Å². The van der Waals surface area contributed by atoms with Crippen molar-refractivity contribution in [3.8, 4) is 0 Å². The van der Waals surface area contributed by atoms with Crippen LogP contribution in [0.25, 0.3) is 0 Å². The van der Waals surface area contributed by atoms with Gasteiger partial charge in [-0.3, -0.25) is 4.79 Å². The summed E-state index contributed by atoms with van der Waals surface area (Å²) in [5.74, 6) is 0.350. The fourth-order valence-electron chi connectivity index (χ4n) is 1.57. The molecule has 1 aliphatic rings. The van der Waals surface area contributed by atoms with Gasteiger partial charge in [0, 0.05) is 20.2 Å². The van der Waals surface area contributed by atoms with E-state index >= 15 is 0 Å². The molecule has 1 unspecified atom stereocenters. The molecule has 0 spiro atoms. The smallest absolute Gasteiger partial charge is 0.224 e. The zero-order valence-electron chi connectivity index (χ0n) is 8.38. The van der Waals surface area contributed by atoms with Crippen molar-refractivity contribution in [2.45, 2.75) is 6.42 Å². The van der Waals surface area contributed by atoms with Gasteiger partial charge >= 0.3 is 0 Å². The van der Waals surface area contributed by atoms with Gasteiger partial charge in [0.1, 0.15) is 0 Å². The first-order valence-electron chi connectivity index (χ1n) is 4.69. The molecule has 1 rings (SSSR count). The maximum absolute atomic E-state index is 11.5. The van der Waals surface area contributed by atoms with Gasteiger partial charge in [-0.2, -0.15) is 0 Å². The summed E-state index contributed by atoms with van der Waals surface area (Å²) < 4.78 is 4.85. The predicted octanol–water partition coefficient (Wildman–Crippen LogP) is -0.299. The Kier molecular flexibility index (Phi) is 4.18. The van der Waals surface area contributed by atoms with Gasteiger partial charge in [-0.05, 0) is 20.0 Å². The largest absolute Gasteiger partial charge is 0.383 e. The van der Waals surface area contributed by atoms with E-state index < -0.39 is 0 Å². The number of hydrogen-bond donors (Lipinski definition) is 1. The highest BCUT2D eigenvalue weighted by Gasteiger charge is 2.25. The molecule has 0 radical (unpaired) electrons. The van der Waals surface area contributed by atoms with Crippen molar-refractivity contribution < 1.29 is 9.53 Å². The average molecular weight is 186 g/mol. The summed E-state index contributed by atoms with van der Waals surface area (Å²) in [5, 5.41) is 2.86. The molecule has 1 aliphatic heterocycles. The van der Waals surface area contributed by atoms with Crippen molar-refractivity contribution in [2.24, 2.45) is 5.92 Å². The number of amides is 1. The molecule has 0 aromatic carbocycles. The zero-order valence-corrected chi connectivity index (χ0v) is 8.38. The number of rotatable bonds is 4. The summed E-state index contributed by atoms with van der Waals surface area (Å²) in [6.07, 6.45) is 0.981. The minimum absolute atomic E-state index is 0.168. The van der Waals surface area contributed by atoms with Crippen LogP contribution >= 0.6 is 0 Å². The Hall–Kier alpha value is -0.610. The third-order valence-electron chi connectivity index (χ3n) is 2.37. The van der Waals surface area contributed by atoms with E-state index in [1.54, 1.807) is 7.11 Å². The second-order valence-corrected chi connectivity index (χ2v) is 3.53. The molecule has 1 atom stereocenters. The van der Waals surface area contributed by atoms with Gasteiger partial charge in [0.15, 0.2) is 0 Å². The first-order valence-corrected chi connectivity index (χ1v) is 4.69. The molecule has 13 heavy (non-hydrogen) atoms. The van der Waals surface area contributed by atoms with Gasteiger partial charge in [-0.15, -0.1) is 0 Å². The average Bonchev–Trinajstić information content (AvgIpc) is 2.52. The lowest BCUT2D eigenvalue weighted by Gasteiger charge is -2.10. The number of ether oxygens (including phenoxy) is 1. The highest BCUT2D eigenvalue weighted by atomic mass is 16.5. The SMILES string of the molecule is COCCNC(=O)C1CCN(C)C1. The van der Waals surface area contributed by atoms with Crippen LogP contribution in [-0.4, -0.2) is 51.2 Å². The standard InChI is InChI=1S/C9H18N2O2/c1-11-5-3-8(7-11)9(12)10-4-6-13-2/h8H,3-7H2,1-2H3,(H,10,12). The van der Waals surface area contributed by atoms with Crippen LogP contribution in [0.3, 0.4) is 0 Å². The molecule has 1 N–H and O–H groups in total. The Labute approximate surface area is 79.2 Å². The van der Waals surface area contributed by atoms with Gasteiger partial charge in [-0.25, -0.2) is 0 Å². The van der Waals surface area contributed by atoms with Crippen LogP contribution in [0.1, 0.15) is 6.42 Å². The lowest BCUT2D eigenvalue weighted by atomic mass is 10.1. The van der Waals surface area contributed by atoms with E-state index in [0.29, 0.717) is 13.2 Å². The number of carbonyl (C=O) groups is 1. The summed E-state index contributed by atoms with van der Waals surface area (Å²) >= 11 is 0. The Morgan fingerprint density at radius 1 is 1.69 bits per heavy atom. The zero-order chi connectivity index (χ0) is 9.68. The molecule has 4 nitrogen and oxygen atoms in total. The van der Waals surface area contributed by atoms with Crippen LogP contribution in [0.15, 0.2) is 0 Å². The summed E-state index contributed by atoms with van der Waals surface area (Å²) in [4.78, 5) is 13.7. The van der Waals surface area contributed by atoms with E-state index in [4.69, 9.17) is 4.74 Å². The molecule has 76 valence electrons. The Morgan fingerprint density at radius 3 is 3.00 bits per heavy atom. The molecule has 0 bridgehead atoms. The number of nitrogens with one attached hydrogen (secondary N) is 1. The molecule has 1 saturated heterocycles. The quantitative estimate of drug-likeness (QED) is 0.613. The fourth-order valence-corrected chi connectivity index (χ4v) is 1.57.